The third kappa shape index (κ3) is 3.41. The molecule has 106 valence electrons. The number of nitrogens with zero attached hydrogens (tertiary/aromatic N) is 4. The SMILES string of the molecule is CCn1ccnc1N1CCN(C(=O)CCCCl)CC1. The van der Waals surface area contributed by atoms with E-state index in [0.29, 0.717) is 12.3 Å². The molecule has 1 aliphatic rings. The number of aryl methyl sites for hydroxylation is 1. The Labute approximate surface area is 119 Å². The number of hydrogen-bond acceptors (Lipinski definition) is 3. The lowest BCUT2D eigenvalue weighted by molar-refractivity contribution is -0.131. The van der Waals surface area contributed by atoms with Crippen LogP contribution in [0.5, 0.6) is 0 Å². The van der Waals surface area contributed by atoms with Crippen LogP contribution in [0.2, 0.25) is 0 Å². The van der Waals surface area contributed by atoms with Crippen LogP contribution in [-0.4, -0.2) is 52.4 Å². The summed E-state index contributed by atoms with van der Waals surface area (Å²) >= 11 is 5.62. The molecule has 5 nitrogen and oxygen atoms in total. The molecule has 2 rings (SSSR count). The molecule has 1 fully saturated rings. The molecule has 0 atom stereocenters. The van der Waals surface area contributed by atoms with Crippen LogP contribution in [0, 0.1) is 0 Å². The molecule has 1 aromatic rings. The first-order valence-corrected chi connectivity index (χ1v) is 7.39. The zero-order chi connectivity index (χ0) is 13.7. The average Bonchev–Trinajstić information content (AvgIpc) is 2.93. The largest absolute Gasteiger partial charge is 0.339 e. The van der Waals surface area contributed by atoms with Gasteiger partial charge in [-0.05, 0) is 13.3 Å². The van der Waals surface area contributed by atoms with E-state index in [1.54, 1.807) is 0 Å². The Bertz CT molecular complexity index is 413. The second kappa shape index (κ2) is 6.80. The molecule has 1 amide bonds. The standard InChI is InChI=1S/C13H21ClN4O/c1-2-16-7-6-15-13(16)18-10-8-17(9-11-18)12(19)4-3-5-14/h6-7H,2-5,8-11H2,1H3. The van der Waals surface area contributed by atoms with Gasteiger partial charge in [0.2, 0.25) is 11.9 Å². The highest BCUT2D eigenvalue weighted by Gasteiger charge is 2.22. The topological polar surface area (TPSA) is 41.4 Å². The molecule has 0 N–H and O–H groups in total. The van der Waals surface area contributed by atoms with Gasteiger partial charge in [0, 0.05) is 57.4 Å². The van der Waals surface area contributed by atoms with Crippen molar-refractivity contribution in [2.75, 3.05) is 37.0 Å². The van der Waals surface area contributed by atoms with Gasteiger partial charge in [0.05, 0.1) is 0 Å². The van der Waals surface area contributed by atoms with Crippen molar-refractivity contribution >= 4 is 23.5 Å². The van der Waals surface area contributed by atoms with Crippen molar-refractivity contribution in [2.45, 2.75) is 26.3 Å². The van der Waals surface area contributed by atoms with Crippen LogP contribution in [0.4, 0.5) is 5.95 Å². The van der Waals surface area contributed by atoms with Crippen LogP contribution in [0.15, 0.2) is 12.4 Å². The smallest absolute Gasteiger partial charge is 0.222 e. The molecule has 0 unspecified atom stereocenters. The summed E-state index contributed by atoms with van der Waals surface area (Å²) < 4.78 is 2.13. The van der Waals surface area contributed by atoms with E-state index < -0.39 is 0 Å². The van der Waals surface area contributed by atoms with Gasteiger partial charge in [0.15, 0.2) is 0 Å². The summed E-state index contributed by atoms with van der Waals surface area (Å²) in [5.41, 5.74) is 0. The second-order valence-corrected chi connectivity index (χ2v) is 5.05. The predicted molar refractivity (Wildman–Crippen MR) is 76.6 cm³/mol. The first-order valence-electron chi connectivity index (χ1n) is 6.86. The monoisotopic (exact) mass is 284 g/mol. The fourth-order valence-electron chi connectivity index (χ4n) is 2.36. The van der Waals surface area contributed by atoms with Crippen LogP contribution in [-0.2, 0) is 11.3 Å². The molecule has 1 aliphatic heterocycles. The summed E-state index contributed by atoms with van der Waals surface area (Å²) in [6.45, 7) is 6.28. The number of amides is 1. The van der Waals surface area contributed by atoms with Gasteiger partial charge in [-0.3, -0.25) is 4.79 Å². The van der Waals surface area contributed by atoms with Crippen molar-refractivity contribution < 1.29 is 4.79 Å². The van der Waals surface area contributed by atoms with Gasteiger partial charge in [0.25, 0.3) is 0 Å². The van der Waals surface area contributed by atoms with E-state index in [1.807, 2.05) is 17.3 Å². The van der Waals surface area contributed by atoms with Crippen molar-refractivity contribution in [3.05, 3.63) is 12.4 Å². The zero-order valence-corrected chi connectivity index (χ0v) is 12.1. The first-order chi connectivity index (χ1) is 9.26. The van der Waals surface area contributed by atoms with Gasteiger partial charge in [-0.25, -0.2) is 4.98 Å². The van der Waals surface area contributed by atoms with Gasteiger partial charge in [-0.15, -0.1) is 11.6 Å². The summed E-state index contributed by atoms with van der Waals surface area (Å²) in [7, 11) is 0. The normalized spacial score (nSPS) is 15.9. The highest BCUT2D eigenvalue weighted by Crippen LogP contribution is 2.15. The lowest BCUT2D eigenvalue weighted by atomic mass is 10.2. The first kappa shape index (κ1) is 14.2. The van der Waals surface area contributed by atoms with E-state index in [1.165, 1.54) is 0 Å². The Morgan fingerprint density at radius 2 is 2.11 bits per heavy atom. The molecule has 0 saturated carbocycles. The van der Waals surface area contributed by atoms with Crippen molar-refractivity contribution in [1.29, 1.82) is 0 Å². The Kier molecular flexibility index (Phi) is 5.07. The molecule has 0 bridgehead atoms. The lowest BCUT2D eigenvalue weighted by Crippen LogP contribution is -2.49. The fourth-order valence-corrected chi connectivity index (χ4v) is 2.50. The number of anilines is 1. The van der Waals surface area contributed by atoms with Crippen molar-refractivity contribution in [1.82, 2.24) is 14.5 Å². The maximum absolute atomic E-state index is 11.9. The highest BCUT2D eigenvalue weighted by molar-refractivity contribution is 6.17. The fraction of sp³-hybridized carbons (Fsp3) is 0.692. The Hall–Kier alpha value is -1.23. The van der Waals surface area contributed by atoms with Gasteiger partial charge < -0.3 is 14.4 Å². The second-order valence-electron chi connectivity index (χ2n) is 4.67. The molecule has 1 saturated heterocycles. The van der Waals surface area contributed by atoms with E-state index in [9.17, 15) is 4.79 Å². The molecule has 19 heavy (non-hydrogen) atoms. The van der Waals surface area contributed by atoms with Crippen LogP contribution in [0.25, 0.3) is 0 Å². The Morgan fingerprint density at radius 3 is 2.74 bits per heavy atom. The number of carbonyl (C=O) groups excluding carboxylic acids is 1. The molecule has 1 aromatic heterocycles. The zero-order valence-electron chi connectivity index (χ0n) is 11.4. The summed E-state index contributed by atoms with van der Waals surface area (Å²) in [6.07, 6.45) is 5.15. The molecule has 2 heterocycles. The molecule has 0 aliphatic carbocycles. The molecular formula is C13H21ClN4O. The highest BCUT2D eigenvalue weighted by atomic mass is 35.5. The third-order valence-electron chi connectivity index (χ3n) is 3.47. The maximum atomic E-state index is 11.9. The quantitative estimate of drug-likeness (QED) is 0.771. The van der Waals surface area contributed by atoms with Gasteiger partial charge in [-0.2, -0.15) is 0 Å². The van der Waals surface area contributed by atoms with E-state index in [4.69, 9.17) is 11.6 Å². The molecule has 6 heteroatoms. The summed E-state index contributed by atoms with van der Waals surface area (Å²) in [4.78, 5) is 20.5. The van der Waals surface area contributed by atoms with Gasteiger partial charge in [-0.1, -0.05) is 0 Å². The minimum Gasteiger partial charge on any atom is -0.339 e. The molecular weight excluding hydrogens is 264 g/mol. The Morgan fingerprint density at radius 1 is 1.37 bits per heavy atom. The number of hydrogen-bond donors (Lipinski definition) is 0. The van der Waals surface area contributed by atoms with E-state index in [2.05, 4.69) is 21.4 Å². The number of carbonyl (C=O) groups is 1. The Balaban J connectivity index is 1.87. The summed E-state index contributed by atoms with van der Waals surface area (Å²) in [5.74, 6) is 1.79. The van der Waals surface area contributed by atoms with E-state index in [-0.39, 0.29) is 5.91 Å². The van der Waals surface area contributed by atoms with E-state index >= 15 is 0 Å². The van der Waals surface area contributed by atoms with E-state index in [0.717, 1.165) is 45.1 Å². The van der Waals surface area contributed by atoms with Gasteiger partial charge >= 0.3 is 0 Å². The number of piperazine rings is 1. The predicted octanol–water partition coefficient (Wildman–Crippen LogP) is 1.57. The molecule has 0 spiro atoms. The number of aromatic nitrogens is 2. The lowest BCUT2D eigenvalue weighted by Gasteiger charge is -2.35. The minimum atomic E-state index is 0.221. The average molecular weight is 285 g/mol. The van der Waals surface area contributed by atoms with Crippen LogP contribution in [0.1, 0.15) is 19.8 Å². The molecule has 0 aromatic carbocycles. The number of rotatable bonds is 5. The van der Waals surface area contributed by atoms with Crippen molar-refractivity contribution in [3.63, 3.8) is 0 Å². The van der Waals surface area contributed by atoms with Crippen LogP contribution >= 0.6 is 11.6 Å². The van der Waals surface area contributed by atoms with Crippen molar-refractivity contribution in [3.8, 4) is 0 Å². The summed E-state index contributed by atoms with van der Waals surface area (Å²) in [6, 6.07) is 0. The summed E-state index contributed by atoms with van der Waals surface area (Å²) in [5, 5.41) is 0. The number of halogens is 1. The third-order valence-corrected chi connectivity index (χ3v) is 3.74. The van der Waals surface area contributed by atoms with Crippen LogP contribution in [0.3, 0.4) is 0 Å². The maximum Gasteiger partial charge on any atom is 0.222 e. The number of alkyl halides is 1. The van der Waals surface area contributed by atoms with Crippen LogP contribution < -0.4 is 4.90 Å². The minimum absolute atomic E-state index is 0.221. The van der Waals surface area contributed by atoms with Gasteiger partial charge in [0.1, 0.15) is 0 Å². The molecule has 0 radical (unpaired) electrons. The number of imidazole rings is 1. The van der Waals surface area contributed by atoms with Crippen molar-refractivity contribution in [2.24, 2.45) is 0 Å².